The molecule has 9 heteroatoms. The first-order valence-electron chi connectivity index (χ1n) is 7.29. The molecule has 0 aliphatic heterocycles. The lowest BCUT2D eigenvalue weighted by Gasteiger charge is -2.24. The van der Waals surface area contributed by atoms with E-state index in [1.807, 2.05) is 31.2 Å². The number of aryl methyl sites for hydroxylation is 2. The van der Waals surface area contributed by atoms with E-state index in [0.717, 1.165) is 17.4 Å². The Morgan fingerprint density at radius 3 is 2.50 bits per heavy atom. The molecule has 2 aromatic rings. The number of benzene rings is 1. The summed E-state index contributed by atoms with van der Waals surface area (Å²) >= 11 is 0. The van der Waals surface area contributed by atoms with Crippen LogP contribution in [0.3, 0.4) is 0 Å². The van der Waals surface area contributed by atoms with Crippen molar-refractivity contribution in [3.05, 3.63) is 36.0 Å². The van der Waals surface area contributed by atoms with E-state index in [2.05, 4.69) is 10.3 Å². The summed E-state index contributed by atoms with van der Waals surface area (Å²) in [4.78, 5) is 11.8. The molecule has 1 aromatic carbocycles. The number of rotatable bonds is 6. The number of carbonyl (C=O) groups excluding carboxylic acids is 1. The SMILES string of the molecule is Cc1ccc(-c2cn(CC[C@](C)(C(=O)NO)S(C)(=O)=O)nn2)cc1. The number of nitrogens with zero attached hydrogens (tertiary/aromatic N) is 3. The zero-order valence-corrected chi connectivity index (χ0v) is 14.5. The average Bonchev–Trinajstić information content (AvgIpc) is 3.00. The van der Waals surface area contributed by atoms with Crippen molar-refractivity contribution in [2.45, 2.75) is 31.6 Å². The third-order valence-corrected chi connectivity index (χ3v) is 6.13. The van der Waals surface area contributed by atoms with E-state index < -0.39 is 20.5 Å². The van der Waals surface area contributed by atoms with Crippen molar-refractivity contribution in [1.29, 1.82) is 0 Å². The molecule has 1 amide bonds. The number of hydrogen-bond acceptors (Lipinski definition) is 6. The quantitative estimate of drug-likeness (QED) is 0.591. The Bertz CT molecular complexity index is 829. The standard InChI is InChI=1S/C15H20N4O4S/c1-11-4-6-12(7-5-11)13-10-19(18-16-13)9-8-15(2,14(20)17-21)24(3,22)23/h4-7,10,21H,8-9H2,1-3H3,(H,17,20)/t15-/m1/s1. The van der Waals surface area contributed by atoms with Gasteiger partial charge in [-0.05, 0) is 20.3 Å². The van der Waals surface area contributed by atoms with Crippen molar-refractivity contribution in [3.8, 4) is 11.3 Å². The Morgan fingerprint density at radius 2 is 1.96 bits per heavy atom. The highest BCUT2D eigenvalue weighted by molar-refractivity contribution is 7.92. The molecule has 0 bridgehead atoms. The predicted octanol–water partition coefficient (Wildman–Crippen LogP) is 0.952. The van der Waals surface area contributed by atoms with Crippen LogP contribution in [0.15, 0.2) is 30.5 Å². The van der Waals surface area contributed by atoms with Gasteiger partial charge in [0.25, 0.3) is 5.91 Å². The zero-order chi connectivity index (χ0) is 18.0. The van der Waals surface area contributed by atoms with E-state index in [-0.39, 0.29) is 13.0 Å². The number of sulfone groups is 1. The summed E-state index contributed by atoms with van der Waals surface area (Å²) in [5.74, 6) is -0.969. The molecule has 8 nitrogen and oxygen atoms in total. The van der Waals surface area contributed by atoms with E-state index in [1.54, 1.807) is 6.20 Å². The van der Waals surface area contributed by atoms with Crippen LogP contribution in [-0.4, -0.2) is 45.5 Å². The van der Waals surface area contributed by atoms with E-state index >= 15 is 0 Å². The van der Waals surface area contributed by atoms with Gasteiger partial charge in [-0.3, -0.25) is 14.7 Å². The summed E-state index contributed by atoms with van der Waals surface area (Å²) in [6, 6.07) is 7.76. The summed E-state index contributed by atoms with van der Waals surface area (Å²) in [5.41, 5.74) is 4.10. The van der Waals surface area contributed by atoms with Crippen LogP contribution < -0.4 is 5.48 Å². The first-order chi connectivity index (χ1) is 11.2. The summed E-state index contributed by atoms with van der Waals surface area (Å²) in [5, 5.41) is 16.8. The molecule has 0 saturated heterocycles. The molecule has 24 heavy (non-hydrogen) atoms. The molecule has 2 rings (SSSR count). The molecule has 2 N–H and O–H groups in total. The smallest absolute Gasteiger partial charge is 0.264 e. The lowest BCUT2D eigenvalue weighted by molar-refractivity contribution is -0.131. The van der Waals surface area contributed by atoms with Gasteiger partial charge in [-0.15, -0.1) is 5.10 Å². The molecule has 0 spiro atoms. The summed E-state index contributed by atoms with van der Waals surface area (Å²) in [6.07, 6.45) is 2.60. The summed E-state index contributed by atoms with van der Waals surface area (Å²) < 4.78 is 23.6. The van der Waals surface area contributed by atoms with Crippen molar-refractivity contribution < 1.29 is 18.4 Å². The monoisotopic (exact) mass is 352 g/mol. The van der Waals surface area contributed by atoms with Gasteiger partial charge in [0.1, 0.15) is 5.69 Å². The Morgan fingerprint density at radius 1 is 1.33 bits per heavy atom. The predicted molar refractivity (Wildman–Crippen MR) is 88.0 cm³/mol. The topological polar surface area (TPSA) is 114 Å². The molecule has 0 aliphatic carbocycles. The van der Waals surface area contributed by atoms with Crippen LogP contribution in [0.25, 0.3) is 11.3 Å². The first-order valence-corrected chi connectivity index (χ1v) is 9.18. The molecular formula is C15H20N4O4S. The maximum Gasteiger partial charge on any atom is 0.264 e. The van der Waals surface area contributed by atoms with Gasteiger partial charge in [0.15, 0.2) is 14.6 Å². The molecule has 1 aromatic heterocycles. The van der Waals surface area contributed by atoms with Gasteiger partial charge in [0.05, 0.1) is 6.20 Å². The molecule has 0 radical (unpaired) electrons. The van der Waals surface area contributed by atoms with Gasteiger partial charge < -0.3 is 0 Å². The minimum absolute atomic E-state index is 0.0467. The second-order valence-corrected chi connectivity index (χ2v) is 8.37. The molecule has 1 heterocycles. The Labute approximate surface area is 140 Å². The highest BCUT2D eigenvalue weighted by Gasteiger charge is 2.43. The lowest BCUT2D eigenvalue weighted by Crippen LogP contribution is -2.49. The molecule has 0 aliphatic rings. The van der Waals surface area contributed by atoms with Crippen LogP contribution in [0.2, 0.25) is 0 Å². The number of carbonyl (C=O) groups is 1. The van der Waals surface area contributed by atoms with Gasteiger partial charge in [0.2, 0.25) is 0 Å². The minimum Gasteiger partial charge on any atom is -0.289 e. The van der Waals surface area contributed by atoms with Crippen molar-refractivity contribution in [2.24, 2.45) is 0 Å². The van der Waals surface area contributed by atoms with Crippen LogP contribution in [0.4, 0.5) is 0 Å². The first kappa shape index (κ1) is 18.1. The molecule has 0 fully saturated rings. The van der Waals surface area contributed by atoms with Crippen LogP contribution >= 0.6 is 0 Å². The highest BCUT2D eigenvalue weighted by Crippen LogP contribution is 2.23. The van der Waals surface area contributed by atoms with E-state index in [4.69, 9.17) is 5.21 Å². The third kappa shape index (κ3) is 3.62. The molecule has 0 saturated carbocycles. The fourth-order valence-electron chi connectivity index (χ4n) is 2.18. The number of amides is 1. The maximum absolute atomic E-state index is 11.9. The largest absolute Gasteiger partial charge is 0.289 e. The molecule has 0 unspecified atom stereocenters. The van der Waals surface area contributed by atoms with Crippen molar-refractivity contribution in [2.75, 3.05) is 6.26 Å². The molecule has 1 atom stereocenters. The van der Waals surface area contributed by atoms with Gasteiger partial charge in [0, 0.05) is 18.4 Å². The fourth-order valence-corrected chi connectivity index (χ4v) is 3.02. The second kappa shape index (κ2) is 6.70. The van der Waals surface area contributed by atoms with Crippen molar-refractivity contribution >= 4 is 15.7 Å². The third-order valence-electron chi connectivity index (χ3n) is 4.10. The average molecular weight is 352 g/mol. The Balaban J connectivity index is 2.17. The fraction of sp³-hybridized carbons (Fsp3) is 0.400. The van der Waals surface area contributed by atoms with Gasteiger partial charge >= 0.3 is 0 Å². The van der Waals surface area contributed by atoms with Gasteiger partial charge in [-0.25, -0.2) is 13.9 Å². The van der Waals surface area contributed by atoms with E-state index in [9.17, 15) is 13.2 Å². The number of hydrogen-bond donors (Lipinski definition) is 2. The number of hydroxylamine groups is 1. The number of aromatic nitrogens is 3. The zero-order valence-electron chi connectivity index (χ0n) is 13.7. The minimum atomic E-state index is -3.73. The number of nitrogens with one attached hydrogen (secondary N) is 1. The Hall–Kier alpha value is -2.26. The van der Waals surface area contributed by atoms with E-state index in [1.165, 1.54) is 17.1 Å². The van der Waals surface area contributed by atoms with Gasteiger partial charge in [-0.1, -0.05) is 35.0 Å². The summed E-state index contributed by atoms with van der Waals surface area (Å²) in [6.45, 7) is 3.42. The summed E-state index contributed by atoms with van der Waals surface area (Å²) in [7, 11) is -3.73. The molecular weight excluding hydrogens is 332 g/mol. The van der Waals surface area contributed by atoms with Crippen LogP contribution in [0.1, 0.15) is 18.9 Å². The van der Waals surface area contributed by atoms with Crippen LogP contribution in [0.5, 0.6) is 0 Å². The maximum atomic E-state index is 11.9. The highest BCUT2D eigenvalue weighted by atomic mass is 32.2. The second-order valence-electron chi connectivity index (χ2n) is 5.93. The van der Waals surface area contributed by atoms with Crippen molar-refractivity contribution in [3.63, 3.8) is 0 Å². The van der Waals surface area contributed by atoms with E-state index in [0.29, 0.717) is 5.69 Å². The molecule has 130 valence electrons. The normalized spacial score (nSPS) is 14.2. The lowest BCUT2D eigenvalue weighted by atomic mass is 10.1. The van der Waals surface area contributed by atoms with Crippen molar-refractivity contribution in [1.82, 2.24) is 20.5 Å². The van der Waals surface area contributed by atoms with Gasteiger partial charge in [-0.2, -0.15) is 0 Å². The van der Waals surface area contributed by atoms with Crippen LogP contribution in [0, 0.1) is 6.92 Å². The van der Waals surface area contributed by atoms with Crippen LogP contribution in [-0.2, 0) is 21.2 Å². The Kier molecular flexibility index (Phi) is 5.05.